The Bertz CT molecular complexity index is 1060. The Balaban J connectivity index is 1.87. The molecule has 1 N–H and O–H groups in total. The van der Waals surface area contributed by atoms with Gasteiger partial charge >= 0.3 is 0 Å². The van der Waals surface area contributed by atoms with Gasteiger partial charge in [-0.2, -0.15) is 0 Å². The maximum absolute atomic E-state index is 12.3. The Hall–Kier alpha value is -2.51. The fourth-order valence-corrected chi connectivity index (χ4v) is 3.49. The highest BCUT2D eigenvalue weighted by Crippen LogP contribution is 2.44. The number of benzene rings is 3. The van der Waals surface area contributed by atoms with Crippen molar-refractivity contribution in [2.24, 2.45) is 0 Å². The highest BCUT2D eigenvalue weighted by molar-refractivity contribution is 6.39. The number of hydrogen-bond acceptors (Lipinski definition) is 4. The van der Waals surface area contributed by atoms with E-state index in [2.05, 4.69) is 5.32 Å². The molecule has 1 amide bonds. The van der Waals surface area contributed by atoms with E-state index in [0.29, 0.717) is 11.3 Å². The summed E-state index contributed by atoms with van der Waals surface area (Å²) in [6.07, 6.45) is 0. The van der Waals surface area contributed by atoms with Crippen LogP contribution >= 0.6 is 46.4 Å². The van der Waals surface area contributed by atoms with Gasteiger partial charge in [-0.05, 0) is 24.3 Å². The zero-order chi connectivity index (χ0) is 21.1. The van der Waals surface area contributed by atoms with Crippen LogP contribution in [-0.2, 0) is 0 Å². The average Bonchev–Trinajstić information content (AvgIpc) is 2.66. The van der Waals surface area contributed by atoms with Crippen LogP contribution in [0.5, 0.6) is 11.5 Å². The number of nitrogens with one attached hydrogen (secondary N) is 1. The van der Waals surface area contributed by atoms with Gasteiger partial charge in [-0.15, -0.1) is 0 Å². The van der Waals surface area contributed by atoms with Crippen LogP contribution in [0.1, 0.15) is 10.4 Å². The second-order valence-corrected chi connectivity index (χ2v) is 7.32. The van der Waals surface area contributed by atoms with Crippen molar-refractivity contribution in [1.29, 1.82) is 0 Å². The van der Waals surface area contributed by atoms with Gasteiger partial charge in [-0.25, -0.2) is 0 Å². The van der Waals surface area contributed by atoms with Gasteiger partial charge in [0.25, 0.3) is 11.6 Å². The summed E-state index contributed by atoms with van der Waals surface area (Å²) in [5, 5.41) is 13.5. The lowest BCUT2D eigenvalue weighted by Crippen LogP contribution is -2.11. The number of halogens is 4. The van der Waals surface area contributed by atoms with Crippen LogP contribution in [0.4, 0.5) is 11.4 Å². The number of non-ortho nitro benzene ring substituents is 1. The van der Waals surface area contributed by atoms with E-state index in [-0.39, 0.29) is 43.2 Å². The minimum absolute atomic E-state index is 0.0312. The number of hydrogen-bond donors (Lipinski definition) is 1. The van der Waals surface area contributed by atoms with Crippen molar-refractivity contribution in [2.75, 3.05) is 5.32 Å². The third kappa shape index (κ3) is 4.92. The van der Waals surface area contributed by atoms with Crippen LogP contribution < -0.4 is 10.1 Å². The van der Waals surface area contributed by atoms with E-state index >= 15 is 0 Å². The van der Waals surface area contributed by atoms with E-state index in [4.69, 9.17) is 51.1 Å². The molecule has 0 bridgehead atoms. The topological polar surface area (TPSA) is 81.5 Å². The number of nitro benzene ring substituents is 1. The molecule has 0 heterocycles. The number of carbonyl (C=O) groups is 1. The molecule has 0 aliphatic carbocycles. The largest absolute Gasteiger partial charge is 0.451 e. The van der Waals surface area contributed by atoms with E-state index in [1.54, 1.807) is 30.3 Å². The first-order valence-corrected chi connectivity index (χ1v) is 9.44. The van der Waals surface area contributed by atoms with Crippen molar-refractivity contribution >= 4 is 63.7 Å². The molecule has 0 aromatic heterocycles. The van der Waals surface area contributed by atoms with Gasteiger partial charge < -0.3 is 10.1 Å². The number of amides is 1. The van der Waals surface area contributed by atoms with Gasteiger partial charge in [0.1, 0.15) is 0 Å². The second kappa shape index (κ2) is 8.88. The maximum atomic E-state index is 12.3. The van der Waals surface area contributed by atoms with Crippen molar-refractivity contribution in [1.82, 2.24) is 0 Å². The molecule has 6 nitrogen and oxygen atoms in total. The van der Waals surface area contributed by atoms with Crippen LogP contribution in [0.2, 0.25) is 20.1 Å². The predicted molar refractivity (Wildman–Crippen MR) is 114 cm³/mol. The molecular weight excluding hydrogens is 462 g/mol. The van der Waals surface area contributed by atoms with E-state index in [0.717, 1.165) is 12.1 Å². The fraction of sp³-hybridized carbons (Fsp3) is 0. The summed E-state index contributed by atoms with van der Waals surface area (Å²) < 4.78 is 5.62. The highest BCUT2D eigenvalue weighted by atomic mass is 35.5. The first-order chi connectivity index (χ1) is 13.8. The number of carbonyl (C=O) groups excluding carboxylic acids is 1. The molecule has 0 saturated carbocycles. The Kier molecular flexibility index (Phi) is 6.49. The number of nitrogens with zero attached hydrogens (tertiary/aromatic N) is 1. The van der Waals surface area contributed by atoms with Crippen LogP contribution in [0, 0.1) is 10.1 Å². The second-order valence-electron chi connectivity index (χ2n) is 5.69. The number of nitro groups is 1. The molecule has 0 atom stereocenters. The van der Waals surface area contributed by atoms with Crippen molar-refractivity contribution < 1.29 is 14.5 Å². The molecule has 10 heteroatoms. The SMILES string of the molecule is O=C(Nc1cc(Cl)c(Oc2c(Cl)cc([N+](=O)[O-])cc2Cl)c(Cl)c1)c1ccccc1. The highest BCUT2D eigenvalue weighted by Gasteiger charge is 2.19. The van der Waals surface area contributed by atoms with Crippen LogP contribution in [0.3, 0.4) is 0 Å². The lowest BCUT2D eigenvalue weighted by atomic mass is 10.2. The van der Waals surface area contributed by atoms with E-state index in [1.807, 2.05) is 0 Å². The van der Waals surface area contributed by atoms with Crippen molar-refractivity contribution in [2.45, 2.75) is 0 Å². The van der Waals surface area contributed by atoms with Gasteiger partial charge in [0.05, 0.1) is 25.0 Å². The molecule has 0 aliphatic rings. The number of rotatable bonds is 5. The predicted octanol–water partition coefficient (Wildman–Crippen LogP) is 7.25. The molecule has 0 spiro atoms. The standard InChI is InChI=1S/C19H10Cl4N2O4/c20-13-6-11(24-19(26)10-4-2-1-3-5-10)7-14(21)17(13)29-18-15(22)8-12(25(27)28)9-16(18)23/h1-9H,(H,24,26). The summed E-state index contributed by atoms with van der Waals surface area (Å²) in [7, 11) is 0. The lowest BCUT2D eigenvalue weighted by Gasteiger charge is -2.14. The number of anilines is 1. The smallest absolute Gasteiger partial charge is 0.272 e. The summed E-state index contributed by atoms with van der Waals surface area (Å²) in [4.78, 5) is 22.5. The fourth-order valence-electron chi connectivity index (χ4n) is 2.37. The van der Waals surface area contributed by atoms with Gasteiger partial charge in [0, 0.05) is 23.4 Å². The van der Waals surface area contributed by atoms with Crippen LogP contribution in [-0.4, -0.2) is 10.8 Å². The van der Waals surface area contributed by atoms with Gasteiger partial charge in [0.15, 0.2) is 11.5 Å². The van der Waals surface area contributed by atoms with Gasteiger partial charge in [-0.3, -0.25) is 14.9 Å². The molecule has 0 radical (unpaired) electrons. The summed E-state index contributed by atoms with van der Waals surface area (Å²) in [5.41, 5.74) is 0.523. The molecule has 3 rings (SSSR count). The summed E-state index contributed by atoms with van der Waals surface area (Å²) in [5.74, 6) is -0.347. The number of ether oxygens (including phenoxy) is 1. The molecule has 0 aliphatic heterocycles. The minimum Gasteiger partial charge on any atom is -0.451 e. The zero-order valence-electron chi connectivity index (χ0n) is 14.3. The molecule has 3 aromatic carbocycles. The molecule has 148 valence electrons. The van der Waals surface area contributed by atoms with E-state index in [9.17, 15) is 14.9 Å². The molecule has 0 fully saturated rings. The van der Waals surface area contributed by atoms with Gasteiger partial charge in [0.2, 0.25) is 0 Å². The third-order valence-corrected chi connectivity index (χ3v) is 4.81. The third-order valence-electron chi connectivity index (χ3n) is 3.69. The van der Waals surface area contributed by atoms with E-state index in [1.165, 1.54) is 12.1 Å². The lowest BCUT2D eigenvalue weighted by molar-refractivity contribution is -0.384. The Labute approximate surface area is 185 Å². The monoisotopic (exact) mass is 470 g/mol. The summed E-state index contributed by atoms with van der Waals surface area (Å²) >= 11 is 24.6. The molecule has 3 aromatic rings. The molecule has 29 heavy (non-hydrogen) atoms. The van der Waals surface area contributed by atoms with Crippen LogP contribution in [0.25, 0.3) is 0 Å². The van der Waals surface area contributed by atoms with Gasteiger partial charge in [-0.1, -0.05) is 64.6 Å². The molecule has 0 saturated heterocycles. The first-order valence-electron chi connectivity index (χ1n) is 7.93. The molecule has 0 unspecified atom stereocenters. The van der Waals surface area contributed by atoms with E-state index < -0.39 is 4.92 Å². The van der Waals surface area contributed by atoms with Crippen molar-refractivity contribution in [3.05, 3.63) is 90.4 Å². The minimum atomic E-state index is -0.633. The first kappa shape index (κ1) is 21.2. The normalized spacial score (nSPS) is 10.5. The summed E-state index contributed by atoms with van der Waals surface area (Å²) in [6.45, 7) is 0. The Morgan fingerprint density at radius 1 is 0.862 bits per heavy atom. The van der Waals surface area contributed by atoms with Crippen molar-refractivity contribution in [3.8, 4) is 11.5 Å². The Morgan fingerprint density at radius 3 is 1.83 bits per heavy atom. The average molecular weight is 472 g/mol. The van der Waals surface area contributed by atoms with Crippen LogP contribution in [0.15, 0.2) is 54.6 Å². The summed E-state index contributed by atoms with van der Waals surface area (Å²) in [6, 6.07) is 13.7. The Morgan fingerprint density at radius 2 is 1.34 bits per heavy atom. The molecular formula is C19H10Cl4N2O4. The maximum Gasteiger partial charge on any atom is 0.272 e. The van der Waals surface area contributed by atoms with Crippen molar-refractivity contribution in [3.63, 3.8) is 0 Å². The zero-order valence-corrected chi connectivity index (χ0v) is 17.3. The quantitative estimate of drug-likeness (QED) is 0.313.